The third kappa shape index (κ3) is 3.74. The normalized spacial score (nSPS) is 24.1. The zero-order chi connectivity index (χ0) is 15.4. The van der Waals surface area contributed by atoms with Gasteiger partial charge >= 0.3 is 0 Å². The van der Waals surface area contributed by atoms with Crippen molar-refractivity contribution in [3.63, 3.8) is 0 Å². The lowest BCUT2D eigenvalue weighted by molar-refractivity contribution is 0.0968. The highest BCUT2D eigenvalue weighted by Gasteiger charge is 2.28. The van der Waals surface area contributed by atoms with E-state index in [-0.39, 0.29) is 23.9 Å². The van der Waals surface area contributed by atoms with Crippen molar-refractivity contribution in [1.82, 2.24) is 5.32 Å². The Labute approximate surface area is 127 Å². The minimum Gasteiger partial charge on any atom is -0.393 e. The molecule has 1 saturated heterocycles. The SMILES string of the molecule is CCCNC(C)c1cccc(F)c1N1CCC(O)C(C)C1. The summed E-state index contributed by atoms with van der Waals surface area (Å²) in [4.78, 5) is 2.09. The summed E-state index contributed by atoms with van der Waals surface area (Å²) < 4.78 is 14.4. The zero-order valence-electron chi connectivity index (χ0n) is 13.3. The van der Waals surface area contributed by atoms with E-state index < -0.39 is 0 Å². The molecule has 3 atom stereocenters. The Morgan fingerprint density at radius 3 is 2.90 bits per heavy atom. The molecule has 0 amide bonds. The molecule has 3 nitrogen and oxygen atoms in total. The molecule has 2 N–H and O–H groups in total. The van der Waals surface area contributed by atoms with Crippen molar-refractivity contribution in [3.8, 4) is 0 Å². The average Bonchev–Trinajstić information content (AvgIpc) is 2.47. The first-order valence-corrected chi connectivity index (χ1v) is 7.99. The van der Waals surface area contributed by atoms with Crippen molar-refractivity contribution in [1.29, 1.82) is 0 Å². The molecule has 0 radical (unpaired) electrons. The van der Waals surface area contributed by atoms with Gasteiger partial charge in [0, 0.05) is 19.1 Å². The molecule has 1 aliphatic heterocycles. The van der Waals surface area contributed by atoms with Gasteiger partial charge in [-0.25, -0.2) is 4.39 Å². The van der Waals surface area contributed by atoms with E-state index >= 15 is 0 Å². The zero-order valence-corrected chi connectivity index (χ0v) is 13.3. The molecule has 2 rings (SSSR count). The highest BCUT2D eigenvalue weighted by Crippen LogP contribution is 2.32. The number of piperidine rings is 1. The number of benzene rings is 1. The first-order valence-electron chi connectivity index (χ1n) is 7.99. The second-order valence-corrected chi connectivity index (χ2v) is 6.13. The van der Waals surface area contributed by atoms with Crippen molar-refractivity contribution in [3.05, 3.63) is 29.6 Å². The second kappa shape index (κ2) is 7.23. The van der Waals surface area contributed by atoms with E-state index in [2.05, 4.69) is 24.1 Å². The van der Waals surface area contributed by atoms with Gasteiger partial charge in [-0.05, 0) is 43.9 Å². The minimum absolute atomic E-state index is 0.123. The smallest absolute Gasteiger partial charge is 0.146 e. The van der Waals surface area contributed by atoms with Crippen LogP contribution in [0.2, 0.25) is 0 Å². The quantitative estimate of drug-likeness (QED) is 0.876. The summed E-state index contributed by atoms with van der Waals surface area (Å²) in [6.45, 7) is 8.56. The van der Waals surface area contributed by atoms with Crippen LogP contribution in [0.3, 0.4) is 0 Å². The number of aliphatic hydroxyl groups excluding tert-OH is 1. The van der Waals surface area contributed by atoms with Gasteiger partial charge in [-0.15, -0.1) is 0 Å². The molecule has 4 heteroatoms. The van der Waals surface area contributed by atoms with Crippen LogP contribution < -0.4 is 10.2 Å². The van der Waals surface area contributed by atoms with E-state index in [0.29, 0.717) is 25.2 Å². The Hall–Kier alpha value is -1.13. The molecule has 21 heavy (non-hydrogen) atoms. The lowest BCUT2D eigenvalue weighted by Gasteiger charge is -2.37. The number of nitrogens with one attached hydrogen (secondary N) is 1. The first-order chi connectivity index (χ1) is 10.0. The van der Waals surface area contributed by atoms with Crippen LogP contribution in [0.5, 0.6) is 0 Å². The molecule has 0 aliphatic carbocycles. The Morgan fingerprint density at radius 1 is 1.48 bits per heavy atom. The lowest BCUT2D eigenvalue weighted by Crippen LogP contribution is -2.43. The maximum Gasteiger partial charge on any atom is 0.146 e. The van der Waals surface area contributed by atoms with Crippen molar-refractivity contribution < 1.29 is 9.50 Å². The van der Waals surface area contributed by atoms with E-state index in [1.54, 1.807) is 6.07 Å². The number of hydrogen-bond donors (Lipinski definition) is 2. The number of anilines is 1. The topological polar surface area (TPSA) is 35.5 Å². The summed E-state index contributed by atoms with van der Waals surface area (Å²) in [6, 6.07) is 5.43. The number of nitrogens with zero attached hydrogens (tertiary/aromatic N) is 1. The fraction of sp³-hybridized carbons (Fsp3) is 0.647. The van der Waals surface area contributed by atoms with Gasteiger partial charge in [0.15, 0.2) is 0 Å². The molecular formula is C17H27FN2O. The van der Waals surface area contributed by atoms with Crippen LogP contribution in [0.15, 0.2) is 18.2 Å². The maximum atomic E-state index is 14.4. The summed E-state index contributed by atoms with van der Waals surface area (Å²) in [5, 5.41) is 13.3. The van der Waals surface area contributed by atoms with Crippen LogP contribution in [0, 0.1) is 11.7 Å². The summed E-state index contributed by atoms with van der Waals surface area (Å²) in [6.07, 6.45) is 1.49. The number of hydrogen-bond acceptors (Lipinski definition) is 3. The van der Waals surface area contributed by atoms with Gasteiger partial charge in [-0.2, -0.15) is 0 Å². The van der Waals surface area contributed by atoms with Gasteiger partial charge in [0.05, 0.1) is 11.8 Å². The summed E-state index contributed by atoms with van der Waals surface area (Å²) in [5.41, 5.74) is 1.71. The largest absolute Gasteiger partial charge is 0.393 e. The van der Waals surface area contributed by atoms with Gasteiger partial charge in [0.25, 0.3) is 0 Å². The fourth-order valence-electron chi connectivity index (χ4n) is 3.02. The van der Waals surface area contributed by atoms with Crippen molar-refractivity contribution in [2.45, 2.75) is 45.8 Å². The van der Waals surface area contributed by atoms with E-state index in [1.807, 2.05) is 13.0 Å². The van der Waals surface area contributed by atoms with Gasteiger partial charge < -0.3 is 15.3 Å². The Balaban J connectivity index is 2.25. The predicted octanol–water partition coefficient (Wildman–Crippen LogP) is 3.09. The van der Waals surface area contributed by atoms with Gasteiger partial charge in [0.2, 0.25) is 0 Å². The predicted molar refractivity (Wildman–Crippen MR) is 85.1 cm³/mol. The molecule has 1 fully saturated rings. The Bertz CT molecular complexity index is 466. The van der Waals surface area contributed by atoms with Crippen LogP contribution in [0.1, 0.15) is 45.2 Å². The van der Waals surface area contributed by atoms with Crippen molar-refractivity contribution >= 4 is 5.69 Å². The molecule has 0 aromatic heterocycles. The maximum absolute atomic E-state index is 14.4. The van der Waals surface area contributed by atoms with E-state index in [0.717, 1.165) is 18.5 Å². The molecule has 0 bridgehead atoms. The Morgan fingerprint density at radius 2 is 2.24 bits per heavy atom. The van der Waals surface area contributed by atoms with Crippen LogP contribution in [0.25, 0.3) is 0 Å². The van der Waals surface area contributed by atoms with Gasteiger partial charge in [0.1, 0.15) is 5.82 Å². The number of para-hydroxylation sites is 1. The molecule has 3 unspecified atom stereocenters. The van der Waals surface area contributed by atoms with E-state index in [4.69, 9.17) is 0 Å². The number of halogens is 1. The number of rotatable bonds is 5. The van der Waals surface area contributed by atoms with Crippen molar-refractivity contribution in [2.24, 2.45) is 5.92 Å². The molecule has 1 aliphatic rings. The summed E-state index contributed by atoms with van der Waals surface area (Å²) in [5.74, 6) is 0.00588. The van der Waals surface area contributed by atoms with Crippen LogP contribution in [-0.2, 0) is 0 Å². The summed E-state index contributed by atoms with van der Waals surface area (Å²) >= 11 is 0. The lowest BCUT2D eigenvalue weighted by atomic mass is 9.94. The minimum atomic E-state index is -0.271. The molecule has 118 valence electrons. The molecule has 1 heterocycles. The van der Waals surface area contributed by atoms with E-state index in [9.17, 15) is 9.50 Å². The first kappa shape index (κ1) is 16.2. The molecular weight excluding hydrogens is 267 g/mol. The monoisotopic (exact) mass is 294 g/mol. The van der Waals surface area contributed by atoms with Crippen LogP contribution in [0.4, 0.5) is 10.1 Å². The van der Waals surface area contributed by atoms with Crippen LogP contribution >= 0.6 is 0 Å². The Kier molecular flexibility index (Phi) is 5.59. The number of aliphatic hydroxyl groups is 1. The molecule has 0 spiro atoms. The molecule has 0 saturated carbocycles. The standard InChI is InChI=1S/C17H27FN2O/c1-4-9-19-13(3)14-6-5-7-15(18)17(14)20-10-8-16(21)12(2)11-20/h5-7,12-13,16,19,21H,4,8-11H2,1-3H3. The van der Waals surface area contributed by atoms with E-state index in [1.165, 1.54) is 6.07 Å². The van der Waals surface area contributed by atoms with Gasteiger partial charge in [-0.3, -0.25) is 0 Å². The summed E-state index contributed by atoms with van der Waals surface area (Å²) in [7, 11) is 0. The highest BCUT2D eigenvalue weighted by molar-refractivity contribution is 5.56. The highest BCUT2D eigenvalue weighted by atomic mass is 19.1. The third-order valence-corrected chi connectivity index (χ3v) is 4.36. The molecule has 1 aromatic rings. The fourth-order valence-corrected chi connectivity index (χ4v) is 3.02. The van der Waals surface area contributed by atoms with Crippen molar-refractivity contribution in [2.75, 3.05) is 24.5 Å². The third-order valence-electron chi connectivity index (χ3n) is 4.36. The second-order valence-electron chi connectivity index (χ2n) is 6.13. The molecule has 1 aromatic carbocycles. The van der Waals surface area contributed by atoms with Crippen LogP contribution in [-0.4, -0.2) is 30.8 Å². The van der Waals surface area contributed by atoms with Gasteiger partial charge in [-0.1, -0.05) is 26.0 Å². The average molecular weight is 294 g/mol.